The highest BCUT2D eigenvalue weighted by atomic mass is 19.1. The summed E-state index contributed by atoms with van der Waals surface area (Å²) in [7, 11) is 0. The summed E-state index contributed by atoms with van der Waals surface area (Å²) in [6.45, 7) is 3.94. The number of anilines is 1. The van der Waals surface area contributed by atoms with E-state index in [4.69, 9.17) is 9.26 Å². The van der Waals surface area contributed by atoms with Gasteiger partial charge in [0.05, 0.1) is 29.3 Å². The Hall–Kier alpha value is -3.50. The van der Waals surface area contributed by atoms with Crippen LogP contribution in [0.3, 0.4) is 0 Å². The third-order valence-corrected chi connectivity index (χ3v) is 7.19. The fraction of sp³-hybridized carbons (Fsp3) is 0.375. The van der Waals surface area contributed by atoms with Gasteiger partial charge >= 0.3 is 6.03 Å². The quantitative estimate of drug-likeness (QED) is 0.504. The molecule has 2 aromatic carbocycles. The molecule has 0 bridgehead atoms. The van der Waals surface area contributed by atoms with Gasteiger partial charge in [0.25, 0.3) is 0 Å². The van der Waals surface area contributed by atoms with Gasteiger partial charge in [0, 0.05) is 12.1 Å². The Labute approximate surface area is 193 Å². The highest BCUT2D eigenvalue weighted by Gasteiger charge is 2.62. The smallest absolute Gasteiger partial charge is 0.323 e. The molecule has 1 aromatic heterocycles. The van der Waals surface area contributed by atoms with E-state index < -0.39 is 41.5 Å². The summed E-state index contributed by atoms with van der Waals surface area (Å²) in [5, 5.41) is 20.4. The number of fused-ring (bicyclic) bond motifs is 5. The first-order valence-electron chi connectivity index (χ1n) is 11.2. The van der Waals surface area contributed by atoms with Crippen molar-refractivity contribution < 1.29 is 28.3 Å². The monoisotopic (exact) mass is 466 g/mol. The minimum Gasteiger partial charge on any atom is -0.372 e. The number of urea groups is 1. The van der Waals surface area contributed by atoms with Crippen molar-refractivity contribution in [2.24, 2.45) is 5.41 Å². The van der Waals surface area contributed by atoms with Crippen LogP contribution in [0.15, 0.2) is 40.9 Å². The highest BCUT2D eigenvalue weighted by Crippen LogP contribution is 2.50. The van der Waals surface area contributed by atoms with Crippen molar-refractivity contribution in [1.29, 1.82) is 0 Å². The van der Waals surface area contributed by atoms with Gasteiger partial charge in [0.1, 0.15) is 17.3 Å². The zero-order valence-electron chi connectivity index (χ0n) is 18.5. The molecule has 0 radical (unpaired) electrons. The van der Waals surface area contributed by atoms with Crippen LogP contribution in [0.5, 0.6) is 0 Å². The molecule has 6 rings (SSSR count). The number of ether oxygens (including phenoxy) is 1. The summed E-state index contributed by atoms with van der Waals surface area (Å²) in [4.78, 5) is 27.0. The molecule has 176 valence electrons. The second-order valence-electron chi connectivity index (χ2n) is 9.27. The molecule has 4 heterocycles. The van der Waals surface area contributed by atoms with Crippen LogP contribution >= 0.6 is 0 Å². The lowest BCUT2D eigenvalue weighted by atomic mass is 9.66. The lowest BCUT2D eigenvalue weighted by Gasteiger charge is -2.57. The molecule has 2 unspecified atom stereocenters. The first-order chi connectivity index (χ1) is 16.3. The minimum atomic E-state index is -1.48. The summed E-state index contributed by atoms with van der Waals surface area (Å²) in [6.07, 6.45) is -2.27. The molecule has 3 aliphatic rings. The van der Waals surface area contributed by atoms with Crippen molar-refractivity contribution in [2.45, 2.75) is 44.7 Å². The first kappa shape index (κ1) is 21.1. The zero-order valence-corrected chi connectivity index (χ0v) is 18.5. The molecule has 34 heavy (non-hydrogen) atoms. The summed E-state index contributed by atoms with van der Waals surface area (Å²) in [5.41, 5.74) is 0.622. The Morgan fingerprint density at radius 3 is 2.74 bits per heavy atom. The fourth-order valence-electron chi connectivity index (χ4n) is 5.91. The Bertz CT molecular complexity index is 1330. The maximum absolute atomic E-state index is 16.1. The summed E-state index contributed by atoms with van der Waals surface area (Å²) in [6, 6.07) is 9.55. The number of amides is 3. The van der Waals surface area contributed by atoms with E-state index in [1.54, 1.807) is 17.9 Å². The number of halogens is 1. The van der Waals surface area contributed by atoms with E-state index in [0.717, 1.165) is 5.56 Å². The van der Waals surface area contributed by atoms with Gasteiger partial charge in [-0.15, -0.1) is 0 Å². The van der Waals surface area contributed by atoms with E-state index in [9.17, 15) is 14.7 Å². The highest BCUT2D eigenvalue weighted by molar-refractivity contribution is 6.02. The SMILES string of the molecule is C[C@@H]1CN2c3c(cc4c(-c5ccccc5)noc4c3F)CC3(C(=O)NC(=O)NC3O)[C@H]2[C@H](C)O1. The van der Waals surface area contributed by atoms with Gasteiger partial charge in [-0.25, -0.2) is 9.18 Å². The number of aliphatic hydroxyl groups is 1. The number of aromatic nitrogens is 1. The van der Waals surface area contributed by atoms with Gasteiger partial charge in [0.2, 0.25) is 11.5 Å². The molecule has 2 saturated heterocycles. The van der Waals surface area contributed by atoms with Crippen molar-refractivity contribution >= 4 is 28.6 Å². The third kappa shape index (κ3) is 2.75. The van der Waals surface area contributed by atoms with E-state index in [0.29, 0.717) is 28.9 Å². The van der Waals surface area contributed by atoms with E-state index in [1.165, 1.54) is 0 Å². The number of benzene rings is 2. The largest absolute Gasteiger partial charge is 0.372 e. The van der Waals surface area contributed by atoms with Crippen LogP contribution in [0, 0.1) is 11.2 Å². The van der Waals surface area contributed by atoms with Crippen LogP contribution < -0.4 is 15.5 Å². The molecule has 2 fully saturated rings. The van der Waals surface area contributed by atoms with Crippen LogP contribution in [0.25, 0.3) is 22.2 Å². The molecular formula is C24H23FN4O5. The first-order valence-corrected chi connectivity index (χ1v) is 11.2. The lowest BCUT2D eigenvalue weighted by molar-refractivity contribution is -0.155. The topological polar surface area (TPSA) is 117 Å². The minimum absolute atomic E-state index is 0.00880. The van der Waals surface area contributed by atoms with Gasteiger partial charge in [0.15, 0.2) is 5.82 Å². The van der Waals surface area contributed by atoms with Crippen molar-refractivity contribution in [3.63, 3.8) is 0 Å². The van der Waals surface area contributed by atoms with Crippen LogP contribution in [-0.4, -0.2) is 53.2 Å². The average molecular weight is 466 g/mol. The molecule has 3 amide bonds. The summed E-state index contributed by atoms with van der Waals surface area (Å²) >= 11 is 0. The third-order valence-electron chi connectivity index (χ3n) is 7.19. The standard InChI is InChI=1S/C24H23FN4O5/c1-11-10-29-18-14(8-15-17(13-6-4-3-5-7-13)28-34-19(15)16(18)25)9-24(20(29)12(2)33-11)21(30)26-23(32)27-22(24)31/h3-8,11-12,20-21,30H,9-10H2,1-2H3,(H2,26,27,31,32)/t11-,12+,20-,21?,24?/m1/s1. The number of aliphatic hydroxyl groups excluding tert-OH is 1. The van der Waals surface area contributed by atoms with Gasteiger partial charge in [-0.3, -0.25) is 10.1 Å². The van der Waals surface area contributed by atoms with E-state index >= 15 is 4.39 Å². The number of nitrogens with one attached hydrogen (secondary N) is 2. The molecule has 9 nitrogen and oxygen atoms in total. The van der Waals surface area contributed by atoms with Gasteiger partial charge in [-0.1, -0.05) is 35.5 Å². The normalized spacial score (nSPS) is 30.6. The van der Waals surface area contributed by atoms with Crippen LogP contribution in [-0.2, 0) is 16.0 Å². The molecule has 3 N–H and O–H groups in total. The Kier molecular flexibility index (Phi) is 4.49. The predicted octanol–water partition coefficient (Wildman–Crippen LogP) is 2.32. The second kappa shape index (κ2) is 7.25. The maximum Gasteiger partial charge on any atom is 0.323 e. The Morgan fingerprint density at radius 1 is 1.24 bits per heavy atom. The molecular weight excluding hydrogens is 443 g/mol. The molecule has 5 atom stereocenters. The molecule has 3 aliphatic heterocycles. The second-order valence-corrected chi connectivity index (χ2v) is 9.27. The number of hydrogen-bond donors (Lipinski definition) is 3. The lowest BCUT2D eigenvalue weighted by Crippen LogP contribution is -2.76. The Balaban J connectivity index is 1.60. The number of morpholine rings is 1. The van der Waals surface area contributed by atoms with Crippen molar-refractivity contribution in [3.05, 3.63) is 47.8 Å². The molecule has 0 saturated carbocycles. The molecule has 0 aliphatic carbocycles. The number of carbonyl (C=O) groups excluding carboxylic acids is 2. The number of hydrogen-bond acceptors (Lipinski definition) is 7. The number of nitrogens with zero attached hydrogens (tertiary/aromatic N) is 2. The number of carbonyl (C=O) groups is 2. The van der Waals surface area contributed by atoms with Crippen molar-refractivity contribution in [1.82, 2.24) is 15.8 Å². The fourth-order valence-corrected chi connectivity index (χ4v) is 5.91. The molecule has 3 aromatic rings. The van der Waals surface area contributed by atoms with Crippen LogP contribution in [0.4, 0.5) is 14.9 Å². The average Bonchev–Trinajstić information content (AvgIpc) is 3.21. The number of imide groups is 1. The van der Waals surface area contributed by atoms with E-state index in [2.05, 4.69) is 15.8 Å². The Morgan fingerprint density at radius 2 is 2.00 bits per heavy atom. The summed E-state index contributed by atoms with van der Waals surface area (Å²) < 4.78 is 27.5. The molecule has 10 heteroatoms. The predicted molar refractivity (Wildman–Crippen MR) is 119 cm³/mol. The maximum atomic E-state index is 16.1. The van der Waals surface area contributed by atoms with Gasteiger partial charge in [-0.2, -0.15) is 0 Å². The molecule has 1 spiro atoms. The summed E-state index contributed by atoms with van der Waals surface area (Å²) in [5.74, 6) is -1.19. The van der Waals surface area contributed by atoms with Crippen molar-refractivity contribution in [3.8, 4) is 11.3 Å². The van der Waals surface area contributed by atoms with Crippen LogP contribution in [0.2, 0.25) is 0 Å². The van der Waals surface area contributed by atoms with Crippen molar-refractivity contribution in [2.75, 3.05) is 11.4 Å². The number of rotatable bonds is 1. The zero-order chi connectivity index (χ0) is 23.8. The van der Waals surface area contributed by atoms with E-state index in [1.807, 2.05) is 37.3 Å². The van der Waals surface area contributed by atoms with Gasteiger partial charge < -0.3 is 24.6 Å². The van der Waals surface area contributed by atoms with Gasteiger partial charge in [-0.05, 0) is 31.9 Å². The van der Waals surface area contributed by atoms with E-state index in [-0.39, 0.29) is 18.1 Å². The van der Waals surface area contributed by atoms with Crippen LogP contribution in [0.1, 0.15) is 19.4 Å².